The van der Waals surface area contributed by atoms with Gasteiger partial charge in [-0.1, -0.05) is 12.1 Å². The number of nitrogens with zero attached hydrogens (tertiary/aromatic N) is 2. The molecule has 0 aliphatic heterocycles. The molecule has 0 saturated heterocycles. The van der Waals surface area contributed by atoms with Gasteiger partial charge in [-0.3, -0.25) is 0 Å². The highest BCUT2D eigenvalue weighted by molar-refractivity contribution is 5.74. The number of carbonyl (C=O) groups excluding carboxylic acids is 1. The van der Waals surface area contributed by atoms with Gasteiger partial charge in [0.15, 0.2) is 11.6 Å². The standard InChI is InChI=1S/C16H17FN2O4/c1-4-21-14(20)15(22-13-8-6-5-7-12(13)17)23-16-18-10(2)9-11(3)19-16/h5-9,15H,4H2,1-3H3. The predicted molar refractivity (Wildman–Crippen MR) is 79.6 cm³/mol. The van der Waals surface area contributed by atoms with Crippen LogP contribution in [0.2, 0.25) is 0 Å². The molecule has 2 aromatic rings. The maximum absolute atomic E-state index is 13.7. The number of hydrogen-bond donors (Lipinski definition) is 0. The average Bonchev–Trinajstić information content (AvgIpc) is 2.48. The number of para-hydroxylation sites is 1. The largest absolute Gasteiger partial charge is 0.460 e. The fourth-order valence-electron chi connectivity index (χ4n) is 1.83. The number of benzene rings is 1. The van der Waals surface area contributed by atoms with Gasteiger partial charge in [-0.15, -0.1) is 0 Å². The summed E-state index contributed by atoms with van der Waals surface area (Å²) < 4.78 is 29.2. The van der Waals surface area contributed by atoms with Crippen LogP contribution in [0.15, 0.2) is 30.3 Å². The van der Waals surface area contributed by atoms with Gasteiger partial charge in [0.25, 0.3) is 0 Å². The van der Waals surface area contributed by atoms with Crippen LogP contribution in [0, 0.1) is 19.7 Å². The van der Waals surface area contributed by atoms with Gasteiger partial charge in [0.2, 0.25) is 0 Å². The molecule has 1 aromatic carbocycles. The van der Waals surface area contributed by atoms with E-state index in [1.54, 1.807) is 32.9 Å². The molecule has 0 aliphatic rings. The number of halogens is 1. The summed E-state index contributed by atoms with van der Waals surface area (Å²) in [6.07, 6.45) is -1.51. The molecule has 122 valence electrons. The molecule has 1 heterocycles. The SMILES string of the molecule is CCOC(=O)C(Oc1nc(C)cc(C)n1)Oc1ccccc1F. The first-order valence-corrected chi connectivity index (χ1v) is 7.06. The van der Waals surface area contributed by atoms with Crippen LogP contribution in [0.25, 0.3) is 0 Å². The second kappa shape index (κ2) is 7.53. The molecule has 0 amide bonds. The van der Waals surface area contributed by atoms with Crippen molar-refractivity contribution in [3.63, 3.8) is 0 Å². The van der Waals surface area contributed by atoms with Crippen LogP contribution < -0.4 is 9.47 Å². The van der Waals surface area contributed by atoms with Gasteiger partial charge in [0.1, 0.15) is 0 Å². The molecule has 0 N–H and O–H groups in total. The highest BCUT2D eigenvalue weighted by atomic mass is 19.1. The molecular weight excluding hydrogens is 303 g/mol. The van der Waals surface area contributed by atoms with Crippen molar-refractivity contribution in [2.75, 3.05) is 6.61 Å². The zero-order chi connectivity index (χ0) is 16.8. The third-order valence-corrected chi connectivity index (χ3v) is 2.72. The zero-order valence-corrected chi connectivity index (χ0v) is 13.1. The highest BCUT2D eigenvalue weighted by Gasteiger charge is 2.26. The van der Waals surface area contributed by atoms with Crippen LogP contribution in [-0.4, -0.2) is 28.8 Å². The average molecular weight is 320 g/mol. The summed E-state index contributed by atoms with van der Waals surface area (Å²) in [5.41, 5.74) is 1.34. The van der Waals surface area contributed by atoms with Crippen molar-refractivity contribution < 1.29 is 23.4 Å². The Bertz CT molecular complexity index is 673. The first-order chi connectivity index (χ1) is 11.0. The van der Waals surface area contributed by atoms with Crippen molar-refractivity contribution in [1.29, 1.82) is 0 Å². The third-order valence-electron chi connectivity index (χ3n) is 2.72. The molecule has 0 radical (unpaired) electrons. The summed E-state index contributed by atoms with van der Waals surface area (Å²) in [5.74, 6) is -1.54. The lowest BCUT2D eigenvalue weighted by Gasteiger charge is -2.18. The Morgan fingerprint density at radius 2 is 1.83 bits per heavy atom. The molecule has 0 aliphatic carbocycles. The van der Waals surface area contributed by atoms with Crippen LogP contribution >= 0.6 is 0 Å². The van der Waals surface area contributed by atoms with Gasteiger partial charge >= 0.3 is 18.3 Å². The number of hydrogen-bond acceptors (Lipinski definition) is 6. The van der Waals surface area contributed by atoms with Crippen LogP contribution in [0.1, 0.15) is 18.3 Å². The molecule has 23 heavy (non-hydrogen) atoms. The van der Waals surface area contributed by atoms with E-state index in [0.29, 0.717) is 11.4 Å². The lowest BCUT2D eigenvalue weighted by atomic mass is 10.3. The molecular formula is C16H17FN2O4. The minimum atomic E-state index is -1.51. The van der Waals surface area contributed by atoms with Crippen molar-refractivity contribution in [3.05, 3.63) is 47.5 Å². The molecule has 0 saturated carbocycles. The number of carbonyl (C=O) groups is 1. The molecule has 1 aromatic heterocycles. The molecule has 0 spiro atoms. The highest BCUT2D eigenvalue weighted by Crippen LogP contribution is 2.19. The molecule has 1 atom stereocenters. The fraction of sp³-hybridized carbons (Fsp3) is 0.312. The molecule has 2 rings (SSSR count). The van der Waals surface area contributed by atoms with E-state index < -0.39 is 18.1 Å². The van der Waals surface area contributed by atoms with E-state index in [1.807, 2.05) is 0 Å². The number of esters is 1. The van der Waals surface area contributed by atoms with Crippen LogP contribution in [0.5, 0.6) is 11.8 Å². The van der Waals surface area contributed by atoms with Crippen molar-refractivity contribution in [1.82, 2.24) is 9.97 Å². The molecule has 0 bridgehead atoms. The predicted octanol–water partition coefficient (Wildman–Crippen LogP) is 2.58. The first-order valence-electron chi connectivity index (χ1n) is 7.06. The lowest BCUT2D eigenvalue weighted by molar-refractivity contribution is -0.165. The number of aromatic nitrogens is 2. The fourth-order valence-corrected chi connectivity index (χ4v) is 1.83. The van der Waals surface area contributed by atoms with Gasteiger partial charge in [-0.25, -0.2) is 19.2 Å². The summed E-state index contributed by atoms with van der Waals surface area (Å²) in [5, 5.41) is 0. The monoisotopic (exact) mass is 320 g/mol. The zero-order valence-electron chi connectivity index (χ0n) is 13.1. The van der Waals surface area contributed by atoms with Crippen molar-refractivity contribution in [3.8, 4) is 11.8 Å². The van der Waals surface area contributed by atoms with Gasteiger partial charge in [-0.05, 0) is 39.0 Å². The Morgan fingerprint density at radius 1 is 1.17 bits per heavy atom. The number of aryl methyl sites for hydroxylation is 2. The Hall–Kier alpha value is -2.70. The molecule has 1 unspecified atom stereocenters. The van der Waals surface area contributed by atoms with Crippen LogP contribution in [0.4, 0.5) is 4.39 Å². The Balaban J connectivity index is 2.23. The van der Waals surface area contributed by atoms with Gasteiger partial charge < -0.3 is 14.2 Å². The van der Waals surface area contributed by atoms with Gasteiger partial charge in [0, 0.05) is 11.4 Å². The van der Waals surface area contributed by atoms with Crippen molar-refractivity contribution in [2.24, 2.45) is 0 Å². The summed E-state index contributed by atoms with van der Waals surface area (Å²) in [6, 6.07) is 7.39. The van der Waals surface area contributed by atoms with Crippen molar-refractivity contribution in [2.45, 2.75) is 27.1 Å². The van der Waals surface area contributed by atoms with Gasteiger partial charge in [-0.2, -0.15) is 0 Å². The summed E-state index contributed by atoms with van der Waals surface area (Å²) >= 11 is 0. The minimum absolute atomic E-state index is 0.0445. The lowest BCUT2D eigenvalue weighted by Crippen LogP contribution is -2.36. The smallest absolute Gasteiger partial charge is 0.389 e. The summed E-state index contributed by atoms with van der Waals surface area (Å²) in [6.45, 7) is 5.30. The minimum Gasteiger partial charge on any atom is -0.460 e. The normalized spacial score (nSPS) is 11.7. The Morgan fingerprint density at radius 3 is 2.43 bits per heavy atom. The first kappa shape index (κ1) is 16.7. The van der Waals surface area contributed by atoms with E-state index in [0.717, 1.165) is 0 Å². The summed E-state index contributed by atoms with van der Waals surface area (Å²) in [4.78, 5) is 20.1. The van der Waals surface area contributed by atoms with Gasteiger partial charge in [0.05, 0.1) is 6.61 Å². The topological polar surface area (TPSA) is 70.5 Å². The molecule has 6 nitrogen and oxygen atoms in total. The van der Waals surface area contributed by atoms with Crippen molar-refractivity contribution >= 4 is 5.97 Å². The third kappa shape index (κ3) is 4.64. The Kier molecular flexibility index (Phi) is 5.46. The van der Waals surface area contributed by atoms with E-state index in [-0.39, 0.29) is 18.4 Å². The molecule has 7 heteroatoms. The molecule has 0 fully saturated rings. The van der Waals surface area contributed by atoms with E-state index in [9.17, 15) is 9.18 Å². The number of ether oxygens (including phenoxy) is 3. The second-order valence-corrected chi connectivity index (χ2v) is 4.68. The van der Waals surface area contributed by atoms with Crippen LogP contribution in [0.3, 0.4) is 0 Å². The van der Waals surface area contributed by atoms with Crippen LogP contribution in [-0.2, 0) is 9.53 Å². The van der Waals surface area contributed by atoms with E-state index in [2.05, 4.69) is 9.97 Å². The Labute approximate surface area is 133 Å². The summed E-state index contributed by atoms with van der Waals surface area (Å²) in [7, 11) is 0. The quantitative estimate of drug-likeness (QED) is 0.602. The van der Waals surface area contributed by atoms with E-state index in [4.69, 9.17) is 14.2 Å². The number of rotatable bonds is 6. The van der Waals surface area contributed by atoms with E-state index >= 15 is 0 Å². The second-order valence-electron chi connectivity index (χ2n) is 4.68. The maximum atomic E-state index is 13.7. The van der Waals surface area contributed by atoms with E-state index in [1.165, 1.54) is 18.2 Å². The maximum Gasteiger partial charge on any atom is 0.389 e.